The van der Waals surface area contributed by atoms with Crippen molar-refractivity contribution in [2.75, 3.05) is 0 Å². The maximum absolute atomic E-state index is 9.39. The number of benzene rings is 1. The number of hydrogen-bond donors (Lipinski definition) is 1. The van der Waals surface area contributed by atoms with E-state index in [9.17, 15) is 5.02 Å². The lowest BCUT2D eigenvalue weighted by atomic mass is 9.78. The van der Waals surface area contributed by atoms with E-state index in [1.807, 2.05) is 24.3 Å². The predicted octanol–water partition coefficient (Wildman–Crippen LogP) is 2.04. The fourth-order valence-electron chi connectivity index (χ4n) is 1.20. The normalized spacial score (nSPS) is 11.5. The Morgan fingerprint density at radius 2 is 1.71 bits per heavy atom. The highest BCUT2D eigenvalue weighted by Gasteiger charge is 2.17. The van der Waals surface area contributed by atoms with Crippen LogP contribution in [0.15, 0.2) is 24.3 Å². The molecule has 0 unspecified atom stereocenters. The van der Waals surface area contributed by atoms with Crippen LogP contribution >= 0.6 is 23.0 Å². The van der Waals surface area contributed by atoms with Gasteiger partial charge in [0.2, 0.25) is 0 Å². The van der Waals surface area contributed by atoms with Gasteiger partial charge >= 0.3 is 7.12 Å². The molecule has 1 aromatic rings. The molecule has 0 fully saturated rings. The molecule has 0 aromatic heterocycles. The van der Waals surface area contributed by atoms with Gasteiger partial charge in [-0.1, -0.05) is 45.0 Å². The molecule has 0 heterocycles. The average molecular weight is 304 g/mol. The maximum atomic E-state index is 9.39. The van der Waals surface area contributed by atoms with E-state index in [4.69, 9.17) is 2.98 Å². The van der Waals surface area contributed by atoms with Crippen molar-refractivity contribution in [3.8, 4) is 0 Å². The van der Waals surface area contributed by atoms with E-state index < -0.39 is 7.12 Å². The molecule has 14 heavy (non-hydrogen) atoms. The van der Waals surface area contributed by atoms with Crippen molar-refractivity contribution in [2.24, 2.45) is 0 Å². The molecule has 76 valence electrons. The van der Waals surface area contributed by atoms with E-state index in [0.717, 1.165) is 5.46 Å². The van der Waals surface area contributed by atoms with Crippen LogP contribution in [0.1, 0.15) is 26.3 Å². The van der Waals surface area contributed by atoms with Crippen molar-refractivity contribution in [3.63, 3.8) is 0 Å². The van der Waals surface area contributed by atoms with E-state index >= 15 is 0 Å². The SMILES string of the molecule is CC(C)(C)c1ccc(B(O)OI)cc1. The van der Waals surface area contributed by atoms with Crippen molar-refractivity contribution < 1.29 is 8.01 Å². The molecule has 4 heteroatoms. The topological polar surface area (TPSA) is 29.5 Å². The van der Waals surface area contributed by atoms with Crippen LogP contribution in [0.2, 0.25) is 0 Å². The van der Waals surface area contributed by atoms with Gasteiger partial charge in [-0.15, -0.1) is 0 Å². The van der Waals surface area contributed by atoms with Crippen LogP contribution in [0.5, 0.6) is 0 Å². The van der Waals surface area contributed by atoms with E-state index in [1.165, 1.54) is 5.56 Å². The molecule has 0 spiro atoms. The van der Waals surface area contributed by atoms with Crippen LogP contribution in [0.4, 0.5) is 0 Å². The van der Waals surface area contributed by atoms with Crippen LogP contribution in [0, 0.1) is 0 Å². The summed E-state index contributed by atoms with van der Waals surface area (Å²) in [6.07, 6.45) is 0. The van der Waals surface area contributed by atoms with Gasteiger partial charge in [-0.2, -0.15) is 0 Å². The molecule has 1 rings (SSSR count). The summed E-state index contributed by atoms with van der Waals surface area (Å²) in [4.78, 5) is 0. The van der Waals surface area contributed by atoms with Gasteiger partial charge in [-0.25, -0.2) is 0 Å². The number of rotatable bonds is 2. The molecule has 0 saturated carbocycles. The Labute approximate surface area is 99.5 Å². The summed E-state index contributed by atoms with van der Waals surface area (Å²) >= 11 is 1.69. The van der Waals surface area contributed by atoms with Crippen molar-refractivity contribution >= 4 is 35.6 Å². The van der Waals surface area contributed by atoms with Gasteiger partial charge in [0.1, 0.15) is 0 Å². The highest BCUT2D eigenvalue weighted by molar-refractivity contribution is 14.1. The van der Waals surface area contributed by atoms with E-state index in [0.29, 0.717) is 0 Å². The first kappa shape index (κ1) is 12.0. The fourth-order valence-corrected chi connectivity index (χ4v) is 1.49. The molecule has 0 aliphatic carbocycles. The average Bonchev–Trinajstić information content (AvgIpc) is 2.15. The van der Waals surface area contributed by atoms with E-state index in [2.05, 4.69) is 20.8 Å². The fraction of sp³-hybridized carbons (Fsp3) is 0.400. The lowest BCUT2D eigenvalue weighted by Gasteiger charge is -2.19. The minimum Gasteiger partial charge on any atom is -0.423 e. The Balaban J connectivity index is 2.89. The van der Waals surface area contributed by atoms with Gasteiger partial charge in [0.15, 0.2) is 0 Å². The zero-order valence-corrected chi connectivity index (χ0v) is 10.8. The second-order valence-corrected chi connectivity index (χ2v) is 4.82. The molecule has 0 amide bonds. The van der Waals surface area contributed by atoms with Gasteiger partial charge in [-0.3, -0.25) is 0 Å². The molecule has 0 aliphatic heterocycles. The lowest BCUT2D eigenvalue weighted by molar-refractivity contribution is 0.492. The zero-order valence-electron chi connectivity index (χ0n) is 8.62. The Bertz CT molecular complexity index is 292. The molecule has 0 aliphatic rings. The summed E-state index contributed by atoms with van der Waals surface area (Å²) in [5.41, 5.74) is 2.18. The molecule has 0 radical (unpaired) electrons. The van der Waals surface area contributed by atoms with Crippen molar-refractivity contribution in [1.29, 1.82) is 0 Å². The predicted molar refractivity (Wildman–Crippen MR) is 67.9 cm³/mol. The van der Waals surface area contributed by atoms with Gasteiger partial charge in [0.25, 0.3) is 0 Å². The van der Waals surface area contributed by atoms with Gasteiger partial charge in [-0.05, 0) is 16.4 Å². The quantitative estimate of drug-likeness (QED) is 0.669. The zero-order chi connectivity index (χ0) is 10.8. The van der Waals surface area contributed by atoms with Gasteiger partial charge < -0.3 is 8.01 Å². The Morgan fingerprint density at radius 1 is 1.21 bits per heavy atom. The Kier molecular flexibility index (Phi) is 3.98. The van der Waals surface area contributed by atoms with E-state index in [1.54, 1.807) is 23.0 Å². The third-order valence-electron chi connectivity index (χ3n) is 2.15. The van der Waals surface area contributed by atoms with Crippen LogP contribution in [0.3, 0.4) is 0 Å². The first-order valence-corrected chi connectivity index (χ1v) is 5.39. The van der Waals surface area contributed by atoms with Gasteiger partial charge in [0.05, 0.1) is 23.0 Å². The highest BCUT2D eigenvalue weighted by Crippen LogP contribution is 2.20. The third kappa shape index (κ3) is 2.97. The first-order valence-electron chi connectivity index (χ1n) is 4.51. The van der Waals surface area contributed by atoms with E-state index in [-0.39, 0.29) is 5.41 Å². The molecule has 0 atom stereocenters. The van der Waals surface area contributed by atoms with Crippen molar-refractivity contribution in [1.82, 2.24) is 0 Å². The minimum atomic E-state index is -0.829. The Hall–Kier alpha value is -0.0651. The summed E-state index contributed by atoms with van der Waals surface area (Å²) in [5, 5.41) is 9.39. The minimum absolute atomic E-state index is 0.147. The van der Waals surface area contributed by atoms with Gasteiger partial charge in [0, 0.05) is 0 Å². The number of halogens is 1. The summed E-state index contributed by atoms with van der Waals surface area (Å²) < 4.78 is 4.79. The maximum Gasteiger partial charge on any atom is 0.500 e. The van der Waals surface area contributed by atoms with Crippen LogP contribution < -0.4 is 5.46 Å². The Morgan fingerprint density at radius 3 is 2.07 bits per heavy atom. The smallest absolute Gasteiger partial charge is 0.423 e. The van der Waals surface area contributed by atoms with Crippen LogP contribution in [-0.4, -0.2) is 12.1 Å². The summed E-state index contributed by atoms with van der Waals surface area (Å²) in [5.74, 6) is 0. The first-order chi connectivity index (χ1) is 6.45. The van der Waals surface area contributed by atoms with Crippen LogP contribution in [-0.2, 0) is 8.40 Å². The second kappa shape index (κ2) is 4.64. The monoisotopic (exact) mass is 304 g/mol. The molecular weight excluding hydrogens is 290 g/mol. The number of hydrogen-bond acceptors (Lipinski definition) is 2. The molecule has 0 bridgehead atoms. The molecular formula is C10H14BIO2. The standard InChI is InChI=1S/C10H14BIO2/c1-10(2,3)8-4-6-9(7-5-8)11(13)14-12/h4-7,13H,1-3H3. The second-order valence-electron chi connectivity index (χ2n) is 4.31. The molecule has 2 nitrogen and oxygen atoms in total. The van der Waals surface area contributed by atoms with Crippen molar-refractivity contribution in [3.05, 3.63) is 29.8 Å². The highest BCUT2D eigenvalue weighted by atomic mass is 127. The molecule has 0 saturated heterocycles. The molecule has 1 N–H and O–H groups in total. The summed E-state index contributed by atoms with van der Waals surface area (Å²) in [7, 11) is -0.829. The van der Waals surface area contributed by atoms with Crippen molar-refractivity contribution in [2.45, 2.75) is 26.2 Å². The lowest BCUT2D eigenvalue weighted by Crippen LogP contribution is -2.30. The largest absolute Gasteiger partial charge is 0.500 e. The summed E-state index contributed by atoms with van der Waals surface area (Å²) in [6, 6.07) is 7.83. The molecule has 1 aromatic carbocycles. The third-order valence-corrected chi connectivity index (χ3v) is 2.63. The van der Waals surface area contributed by atoms with Crippen LogP contribution in [0.25, 0.3) is 0 Å². The summed E-state index contributed by atoms with van der Waals surface area (Å²) in [6.45, 7) is 6.48.